The Morgan fingerprint density at radius 2 is 1.74 bits per heavy atom. The number of primary amides is 1. The second-order valence-corrected chi connectivity index (χ2v) is 5.95. The molecule has 0 aliphatic heterocycles. The molecule has 0 aromatic carbocycles. The third-order valence-corrected chi connectivity index (χ3v) is 2.58. The maximum absolute atomic E-state index is 10.0. The van der Waals surface area contributed by atoms with Crippen molar-refractivity contribution in [2.24, 2.45) is 5.73 Å². The Kier molecular flexibility index (Phi) is 19.3. The summed E-state index contributed by atoms with van der Waals surface area (Å²) in [5.41, 5.74) is 6.96. The Hall–Kier alpha value is -1.51. The summed E-state index contributed by atoms with van der Waals surface area (Å²) in [6.07, 6.45) is 10.7. The molecule has 1 amide bonds. The van der Waals surface area contributed by atoms with E-state index in [-0.39, 0.29) is 0 Å². The number of hydrogen-bond donors (Lipinski definition) is 1. The zero-order valence-corrected chi connectivity index (χ0v) is 16.7. The van der Waals surface area contributed by atoms with Crippen molar-refractivity contribution in [3.63, 3.8) is 0 Å². The first kappa shape index (κ1) is 26.4. The quantitative estimate of drug-likeness (QED) is 0.444. The molecule has 0 spiro atoms. The van der Waals surface area contributed by atoms with Crippen LogP contribution in [0.25, 0.3) is 0 Å². The van der Waals surface area contributed by atoms with Crippen molar-refractivity contribution in [2.75, 3.05) is 0 Å². The molecule has 0 fully saturated rings. The lowest BCUT2D eigenvalue weighted by Gasteiger charge is -2.16. The van der Waals surface area contributed by atoms with Crippen LogP contribution < -0.4 is 5.73 Å². The number of allylic oxidation sites excluding steroid dienone is 5. The average molecular weight is 326 g/mol. The van der Waals surface area contributed by atoms with Crippen molar-refractivity contribution in [3.8, 4) is 0 Å². The van der Waals surface area contributed by atoms with E-state index in [1.165, 1.54) is 36.8 Å². The van der Waals surface area contributed by atoms with Gasteiger partial charge >= 0.3 is 6.09 Å². The zero-order chi connectivity index (χ0) is 18.9. The van der Waals surface area contributed by atoms with E-state index < -0.39 is 11.7 Å². The van der Waals surface area contributed by atoms with Gasteiger partial charge in [-0.3, -0.25) is 0 Å². The SMILES string of the molecule is C=C/C(C)=C\C(=C/C)CCCCC.CC.CC(C)(C)OC(N)=O. The highest BCUT2D eigenvalue weighted by molar-refractivity contribution is 5.65. The standard InChI is InChI=1S/C13H22.C5H11NO2.C2H6/c1-5-8-9-10-13(7-3)11-12(4)6-2;1-5(2,3)8-4(6)7;1-2/h6-7,11H,2,5,8-10H2,1,3-4H3;1-3H3,(H2,6,7);1-2H3/b12-11-,13-7-;;. The van der Waals surface area contributed by atoms with Gasteiger partial charge in [-0.15, -0.1) is 0 Å². The minimum atomic E-state index is -0.725. The number of amides is 1. The summed E-state index contributed by atoms with van der Waals surface area (Å²) >= 11 is 0. The molecule has 0 rings (SSSR count). The minimum Gasteiger partial charge on any atom is -0.444 e. The number of carbonyl (C=O) groups excluding carboxylic acids is 1. The van der Waals surface area contributed by atoms with Crippen LogP contribution in [0.1, 0.15) is 81.1 Å². The van der Waals surface area contributed by atoms with E-state index in [1.54, 1.807) is 20.8 Å². The van der Waals surface area contributed by atoms with Gasteiger partial charge in [-0.1, -0.05) is 69.6 Å². The molecule has 0 aliphatic carbocycles. The lowest BCUT2D eigenvalue weighted by Crippen LogP contribution is -2.27. The first-order chi connectivity index (χ1) is 10.7. The average Bonchev–Trinajstić information content (AvgIpc) is 2.46. The highest BCUT2D eigenvalue weighted by Gasteiger charge is 2.12. The molecule has 0 heterocycles. The molecule has 0 saturated heterocycles. The maximum Gasteiger partial charge on any atom is 0.405 e. The summed E-state index contributed by atoms with van der Waals surface area (Å²) in [4.78, 5) is 10.0. The molecule has 23 heavy (non-hydrogen) atoms. The molecule has 3 nitrogen and oxygen atoms in total. The molecular formula is C20H39NO2. The molecule has 0 aromatic rings. The molecule has 0 atom stereocenters. The van der Waals surface area contributed by atoms with E-state index in [4.69, 9.17) is 5.73 Å². The predicted octanol–water partition coefficient (Wildman–Crippen LogP) is 6.55. The topological polar surface area (TPSA) is 52.3 Å². The second-order valence-electron chi connectivity index (χ2n) is 5.95. The van der Waals surface area contributed by atoms with Gasteiger partial charge in [0, 0.05) is 0 Å². The van der Waals surface area contributed by atoms with Gasteiger partial charge in [0.1, 0.15) is 5.60 Å². The van der Waals surface area contributed by atoms with Crippen LogP contribution in [-0.4, -0.2) is 11.7 Å². The number of rotatable bonds is 6. The fourth-order valence-corrected chi connectivity index (χ4v) is 1.53. The van der Waals surface area contributed by atoms with Crippen molar-refractivity contribution >= 4 is 6.09 Å². The third kappa shape index (κ3) is 25.8. The van der Waals surface area contributed by atoms with Gasteiger partial charge in [-0.05, 0) is 47.5 Å². The van der Waals surface area contributed by atoms with Crippen LogP contribution in [-0.2, 0) is 4.74 Å². The lowest BCUT2D eigenvalue weighted by atomic mass is 10.0. The van der Waals surface area contributed by atoms with Gasteiger partial charge in [0.25, 0.3) is 0 Å². The van der Waals surface area contributed by atoms with Gasteiger partial charge < -0.3 is 10.5 Å². The van der Waals surface area contributed by atoms with Crippen molar-refractivity contribution in [3.05, 3.63) is 36.0 Å². The van der Waals surface area contributed by atoms with Crippen LogP contribution in [0.2, 0.25) is 0 Å². The van der Waals surface area contributed by atoms with E-state index in [2.05, 4.69) is 44.2 Å². The fraction of sp³-hybridized carbons (Fsp3) is 0.650. The summed E-state index contributed by atoms with van der Waals surface area (Å²) in [5.74, 6) is 0. The van der Waals surface area contributed by atoms with Crippen molar-refractivity contribution < 1.29 is 9.53 Å². The molecule has 2 N–H and O–H groups in total. The van der Waals surface area contributed by atoms with Crippen LogP contribution in [0.5, 0.6) is 0 Å². The Labute approximate surface area is 144 Å². The summed E-state index contributed by atoms with van der Waals surface area (Å²) in [7, 11) is 0. The lowest BCUT2D eigenvalue weighted by molar-refractivity contribution is 0.0600. The van der Waals surface area contributed by atoms with E-state index in [0.29, 0.717) is 0 Å². The molecule has 3 heteroatoms. The van der Waals surface area contributed by atoms with E-state index in [1.807, 2.05) is 19.9 Å². The Morgan fingerprint density at radius 1 is 1.22 bits per heavy atom. The number of ether oxygens (including phenoxy) is 1. The van der Waals surface area contributed by atoms with Crippen LogP contribution in [0.4, 0.5) is 4.79 Å². The summed E-state index contributed by atoms with van der Waals surface area (Å²) in [6.45, 7) is 19.5. The molecular weight excluding hydrogens is 286 g/mol. The highest BCUT2D eigenvalue weighted by atomic mass is 16.6. The minimum absolute atomic E-state index is 0.453. The Balaban J connectivity index is -0.000000343. The number of hydrogen-bond acceptors (Lipinski definition) is 2. The molecule has 0 unspecified atom stereocenters. The maximum atomic E-state index is 10.0. The normalized spacial score (nSPS) is 11.5. The smallest absolute Gasteiger partial charge is 0.405 e. The summed E-state index contributed by atoms with van der Waals surface area (Å²) in [5, 5.41) is 0. The third-order valence-electron chi connectivity index (χ3n) is 2.58. The molecule has 0 aromatic heterocycles. The molecule has 0 bridgehead atoms. The van der Waals surface area contributed by atoms with Crippen LogP contribution in [0, 0.1) is 0 Å². The number of unbranched alkanes of at least 4 members (excludes halogenated alkanes) is 2. The molecule has 136 valence electrons. The fourth-order valence-electron chi connectivity index (χ4n) is 1.53. The highest BCUT2D eigenvalue weighted by Crippen LogP contribution is 2.12. The number of nitrogens with two attached hydrogens (primary N) is 1. The largest absolute Gasteiger partial charge is 0.444 e. The van der Waals surface area contributed by atoms with Gasteiger partial charge in [0.2, 0.25) is 0 Å². The van der Waals surface area contributed by atoms with Gasteiger partial charge in [-0.25, -0.2) is 4.79 Å². The van der Waals surface area contributed by atoms with Gasteiger partial charge in [0.15, 0.2) is 0 Å². The van der Waals surface area contributed by atoms with Crippen molar-refractivity contribution in [2.45, 2.75) is 86.7 Å². The van der Waals surface area contributed by atoms with E-state index in [9.17, 15) is 4.79 Å². The number of carbonyl (C=O) groups is 1. The van der Waals surface area contributed by atoms with Gasteiger partial charge in [-0.2, -0.15) is 0 Å². The van der Waals surface area contributed by atoms with E-state index in [0.717, 1.165) is 0 Å². The van der Waals surface area contributed by atoms with Crippen LogP contribution in [0.3, 0.4) is 0 Å². The monoisotopic (exact) mass is 325 g/mol. The Morgan fingerprint density at radius 3 is 2.00 bits per heavy atom. The first-order valence-corrected chi connectivity index (χ1v) is 8.60. The van der Waals surface area contributed by atoms with Crippen LogP contribution >= 0.6 is 0 Å². The van der Waals surface area contributed by atoms with Gasteiger partial charge in [0.05, 0.1) is 0 Å². The first-order valence-electron chi connectivity index (χ1n) is 8.60. The predicted molar refractivity (Wildman–Crippen MR) is 104 cm³/mol. The summed E-state index contributed by atoms with van der Waals surface area (Å²) in [6, 6.07) is 0. The second kappa shape index (κ2) is 16.9. The zero-order valence-electron chi connectivity index (χ0n) is 16.7. The Bertz CT molecular complexity index is 360. The van der Waals surface area contributed by atoms with Crippen molar-refractivity contribution in [1.82, 2.24) is 0 Å². The molecule has 0 radical (unpaired) electrons. The summed E-state index contributed by atoms with van der Waals surface area (Å²) < 4.78 is 4.58. The molecule has 0 aliphatic rings. The molecule has 0 saturated carbocycles. The van der Waals surface area contributed by atoms with Crippen LogP contribution in [0.15, 0.2) is 36.0 Å². The van der Waals surface area contributed by atoms with Crippen molar-refractivity contribution in [1.29, 1.82) is 0 Å². The van der Waals surface area contributed by atoms with E-state index >= 15 is 0 Å².